The van der Waals surface area contributed by atoms with Gasteiger partial charge in [0.15, 0.2) is 0 Å². The number of hydrogen-bond acceptors (Lipinski definition) is 4. The zero-order valence-electron chi connectivity index (χ0n) is 8.92. The molecule has 0 radical (unpaired) electrons. The molecule has 3 nitrogen and oxygen atoms in total. The van der Waals surface area contributed by atoms with Crippen LogP contribution in [-0.2, 0) is 0 Å². The van der Waals surface area contributed by atoms with Gasteiger partial charge in [-0.05, 0) is 41.8 Å². The molecule has 0 saturated heterocycles. The van der Waals surface area contributed by atoms with E-state index in [0.717, 1.165) is 20.5 Å². The van der Waals surface area contributed by atoms with E-state index in [1.165, 1.54) is 0 Å². The Bertz CT molecular complexity index is 673. The van der Waals surface area contributed by atoms with Gasteiger partial charge in [-0.2, -0.15) is 0 Å². The van der Waals surface area contributed by atoms with Crippen molar-refractivity contribution < 1.29 is 5.11 Å². The number of anilines is 1. The second kappa shape index (κ2) is 3.75. The molecule has 0 aliphatic rings. The van der Waals surface area contributed by atoms with Gasteiger partial charge in [0.05, 0.1) is 0 Å². The maximum atomic E-state index is 9.42. The van der Waals surface area contributed by atoms with Gasteiger partial charge in [-0.1, -0.05) is 0 Å². The lowest BCUT2D eigenvalue weighted by atomic mass is 10.2. The maximum absolute atomic E-state index is 9.42. The smallest absolute Gasteiger partial charge is 0.123 e. The molecule has 0 aliphatic heterocycles. The summed E-state index contributed by atoms with van der Waals surface area (Å²) in [5.74, 6) is 0.810. The lowest BCUT2D eigenvalue weighted by molar-refractivity contribution is 0.476. The first-order valence-corrected chi connectivity index (χ1v) is 5.98. The number of thiophene rings is 1. The fourth-order valence-electron chi connectivity index (χ4n) is 1.72. The van der Waals surface area contributed by atoms with Gasteiger partial charge in [0, 0.05) is 21.3 Å². The zero-order valence-corrected chi connectivity index (χ0v) is 9.74. The van der Waals surface area contributed by atoms with Crippen LogP contribution in [0.25, 0.3) is 20.5 Å². The molecule has 2 heterocycles. The van der Waals surface area contributed by atoms with E-state index < -0.39 is 0 Å². The Labute approximate surface area is 102 Å². The molecule has 3 N–H and O–H groups in total. The van der Waals surface area contributed by atoms with Crippen molar-refractivity contribution in [3.8, 4) is 16.2 Å². The van der Waals surface area contributed by atoms with Gasteiger partial charge in [0.2, 0.25) is 0 Å². The van der Waals surface area contributed by atoms with Crippen molar-refractivity contribution in [2.75, 3.05) is 5.73 Å². The summed E-state index contributed by atoms with van der Waals surface area (Å²) < 4.78 is 1.15. The van der Waals surface area contributed by atoms with E-state index in [-0.39, 0.29) is 5.75 Å². The number of nitrogens with two attached hydrogens (primary N) is 1. The first-order valence-electron chi connectivity index (χ1n) is 5.17. The highest BCUT2D eigenvalue weighted by Gasteiger charge is 2.05. The molecule has 1 aromatic carbocycles. The molecule has 0 aliphatic carbocycles. The standard InChI is InChI=1S/C13H10N2OS/c14-13-4-1-8(7-15-13)12-6-9-5-10(16)2-3-11(9)17-12/h1-7,16H,(H2,14,15). The number of nitrogen functional groups attached to an aromatic ring is 1. The molecular formula is C13H10N2OS. The van der Waals surface area contributed by atoms with Gasteiger partial charge in [-0.25, -0.2) is 4.98 Å². The second-order valence-electron chi connectivity index (χ2n) is 3.80. The van der Waals surface area contributed by atoms with Gasteiger partial charge in [0.1, 0.15) is 11.6 Å². The molecule has 3 rings (SSSR count). The number of fused-ring (bicyclic) bond motifs is 1. The van der Waals surface area contributed by atoms with Gasteiger partial charge in [-0.15, -0.1) is 11.3 Å². The number of pyridine rings is 1. The summed E-state index contributed by atoms with van der Waals surface area (Å²) in [7, 11) is 0. The molecule has 0 unspecified atom stereocenters. The fraction of sp³-hybridized carbons (Fsp3) is 0. The minimum Gasteiger partial charge on any atom is -0.508 e. The van der Waals surface area contributed by atoms with Crippen molar-refractivity contribution in [1.29, 1.82) is 0 Å². The van der Waals surface area contributed by atoms with Gasteiger partial charge in [-0.3, -0.25) is 0 Å². The number of aromatic hydroxyl groups is 1. The van der Waals surface area contributed by atoms with Crippen molar-refractivity contribution >= 4 is 27.2 Å². The first kappa shape index (κ1) is 10.1. The molecule has 4 heteroatoms. The third-order valence-corrected chi connectivity index (χ3v) is 3.74. The van der Waals surface area contributed by atoms with E-state index in [9.17, 15) is 5.11 Å². The molecule has 0 bridgehead atoms. The Hall–Kier alpha value is -2.07. The predicted octanol–water partition coefficient (Wildman–Crippen LogP) is 3.25. The van der Waals surface area contributed by atoms with Crippen LogP contribution in [0.2, 0.25) is 0 Å². The molecule has 0 saturated carbocycles. The van der Waals surface area contributed by atoms with Crippen LogP contribution >= 0.6 is 11.3 Å². The van der Waals surface area contributed by atoms with Crippen LogP contribution in [-0.4, -0.2) is 10.1 Å². The molecule has 17 heavy (non-hydrogen) atoms. The van der Waals surface area contributed by atoms with Crippen LogP contribution < -0.4 is 5.73 Å². The third-order valence-electron chi connectivity index (χ3n) is 2.57. The first-order chi connectivity index (χ1) is 8.22. The number of phenols is 1. The van der Waals surface area contributed by atoms with E-state index in [2.05, 4.69) is 4.98 Å². The Morgan fingerprint density at radius 3 is 2.76 bits per heavy atom. The molecule has 0 atom stereocenters. The Morgan fingerprint density at radius 1 is 1.12 bits per heavy atom. The summed E-state index contributed by atoms with van der Waals surface area (Å²) in [5, 5.41) is 10.5. The molecule has 3 aromatic rings. The Morgan fingerprint density at radius 2 is 2.00 bits per heavy atom. The highest BCUT2D eigenvalue weighted by molar-refractivity contribution is 7.22. The zero-order chi connectivity index (χ0) is 11.8. The number of hydrogen-bond donors (Lipinski definition) is 2. The predicted molar refractivity (Wildman–Crippen MR) is 71.1 cm³/mol. The fourth-order valence-corrected chi connectivity index (χ4v) is 2.76. The topological polar surface area (TPSA) is 59.1 Å². The van der Waals surface area contributed by atoms with Crippen molar-refractivity contribution in [3.63, 3.8) is 0 Å². The van der Waals surface area contributed by atoms with E-state index in [4.69, 9.17) is 5.73 Å². The van der Waals surface area contributed by atoms with Crippen LogP contribution in [0, 0.1) is 0 Å². The van der Waals surface area contributed by atoms with Crippen molar-refractivity contribution in [2.45, 2.75) is 0 Å². The molecule has 0 amide bonds. The molecule has 0 spiro atoms. The van der Waals surface area contributed by atoms with Gasteiger partial charge >= 0.3 is 0 Å². The van der Waals surface area contributed by atoms with Crippen molar-refractivity contribution in [2.24, 2.45) is 0 Å². The van der Waals surface area contributed by atoms with Crippen LogP contribution in [0.4, 0.5) is 5.82 Å². The largest absolute Gasteiger partial charge is 0.508 e. The summed E-state index contributed by atoms with van der Waals surface area (Å²) in [4.78, 5) is 5.20. The van der Waals surface area contributed by atoms with Gasteiger partial charge < -0.3 is 10.8 Å². The number of aromatic nitrogens is 1. The van der Waals surface area contributed by atoms with Crippen molar-refractivity contribution in [1.82, 2.24) is 4.98 Å². The maximum Gasteiger partial charge on any atom is 0.123 e. The van der Waals surface area contributed by atoms with E-state index in [1.807, 2.05) is 18.2 Å². The van der Waals surface area contributed by atoms with Crippen molar-refractivity contribution in [3.05, 3.63) is 42.6 Å². The Balaban J connectivity index is 2.14. The minimum atomic E-state index is 0.289. The average molecular weight is 242 g/mol. The van der Waals surface area contributed by atoms with Gasteiger partial charge in [0.25, 0.3) is 0 Å². The normalized spacial score (nSPS) is 10.8. The summed E-state index contributed by atoms with van der Waals surface area (Å²) in [6.45, 7) is 0. The monoisotopic (exact) mass is 242 g/mol. The highest BCUT2D eigenvalue weighted by Crippen LogP contribution is 2.34. The van der Waals surface area contributed by atoms with E-state index in [0.29, 0.717) is 5.82 Å². The molecule has 0 fully saturated rings. The lowest BCUT2D eigenvalue weighted by Gasteiger charge is -1.96. The lowest BCUT2D eigenvalue weighted by Crippen LogP contribution is -1.87. The van der Waals surface area contributed by atoms with E-state index >= 15 is 0 Å². The van der Waals surface area contributed by atoms with Crippen LogP contribution in [0.5, 0.6) is 5.75 Å². The quantitative estimate of drug-likeness (QED) is 0.688. The summed E-state index contributed by atoms with van der Waals surface area (Å²) in [6.07, 6.45) is 1.76. The third kappa shape index (κ3) is 1.83. The molecular weight excluding hydrogens is 232 g/mol. The number of benzene rings is 1. The van der Waals surface area contributed by atoms with E-state index in [1.54, 1.807) is 35.7 Å². The van der Waals surface area contributed by atoms with Crippen LogP contribution in [0.1, 0.15) is 0 Å². The van der Waals surface area contributed by atoms with Crippen LogP contribution in [0.3, 0.4) is 0 Å². The minimum absolute atomic E-state index is 0.289. The summed E-state index contributed by atoms with van der Waals surface area (Å²) in [5.41, 5.74) is 6.60. The summed E-state index contributed by atoms with van der Waals surface area (Å²) >= 11 is 1.67. The molecule has 84 valence electrons. The average Bonchev–Trinajstić information content (AvgIpc) is 2.72. The Kier molecular flexibility index (Phi) is 2.23. The second-order valence-corrected chi connectivity index (χ2v) is 4.89. The number of rotatable bonds is 1. The number of phenolic OH excluding ortho intramolecular Hbond substituents is 1. The summed E-state index contributed by atoms with van der Waals surface area (Å²) in [6, 6.07) is 11.2. The molecule has 2 aromatic heterocycles. The number of nitrogens with zero attached hydrogens (tertiary/aromatic N) is 1. The highest BCUT2D eigenvalue weighted by atomic mass is 32.1. The van der Waals surface area contributed by atoms with Crippen LogP contribution in [0.15, 0.2) is 42.6 Å². The SMILES string of the molecule is Nc1ccc(-c2cc3cc(O)ccc3s2)cn1.